The zero-order valence-corrected chi connectivity index (χ0v) is 15.7. The zero-order chi connectivity index (χ0) is 16.3. The van der Waals surface area contributed by atoms with Crippen LogP contribution in [0.4, 0.5) is 0 Å². The van der Waals surface area contributed by atoms with E-state index >= 15 is 0 Å². The summed E-state index contributed by atoms with van der Waals surface area (Å²) in [5, 5.41) is 0. The van der Waals surface area contributed by atoms with Crippen LogP contribution in [-0.2, 0) is 0 Å². The summed E-state index contributed by atoms with van der Waals surface area (Å²) in [5.74, 6) is 5.75. The molecule has 3 unspecified atom stereocenters. The van der Waals surface area contributed by atoms with Crippen LogP contribution in [0.15, 0.2) is 23.8 Å². The maximum absolute atomic E-state index is 2.72. The lowest BCUT2D eigenvalue weighted by Crippen LogP contribution is -2.51. The van der Waals surface area contributed by atoms with Crippen molar-refractivity contribution in [2.24, 2.45) is 23.7 Å². The van der Waals surface area contributed by atoms with Crippen LogP contribution >= 0.6 is 0 Å². The van der Waals surface area contributed by atoms with E-state index in [2.05, 4.69) is 85.3 Å². The third kappa shape index (κ3) is 4.17. The van der Waals surface area contributed by atoms with Crippen molar-refractivity contribution < 1.29 is 0 Å². The third-order valence-electron chi connectivity index (χ3n) is 5.65. The summed E-state index contributed by atoms with van der Waals surface area (Å²) in [6, 6.07) is 0.577. The highest BCUT2D eigenvalue weighted by Crippen LogP contribution is 2.35. The molecule has 21 heavy (non-hydrogen) atoms. The molecule has 0 amide bonds. The SMILES string of the molecule is CC(C)C(C)B1C=CC=C(C(C)C(C)C)N1C(C)C(C)C. The monoisotopic (exact) mass is 289 g/mol. The van der Waals surface area contributed by atoms with Crippen molar-refractivity contribution in [3.63, 3.8) is 0 Å². The largest absolute Gasteiger partial charge is 0.411 e. The van der Waals surface area contributed by atoms with Crippen molar-refractivity contribution in [3.05, 3.63) is 23.8 Å². The van der Waals surface area contributed by atoms with Crippen LogP contribution in [0.5, 0.6) is 0 Å². The number of allylic oxidation sites excluding steroid dienone is 3. The van der Waals surface area contributed by atoms with E-state index in [0.29, 0.717) is 42.4 Å². The van der Waals surface area contributed by atoms with Gasteiger partial charge in [-0.2, -0.15) is 0 Å². The van der Waals surface area contributed by atoms with Crippen molar-refractivity contribution in [3.8, 4) is 0 Å². The zero-order valence-electron chi connectivity index (χ0n) is 15.7. The van der Waals surface area contributed by atoms with Crippen molar-refractivity contribution in [2.75, 3.05) is 0 Å². The quantitative estimate of drug-likeness (QED) is 0.571. The summed E-state index contributed by atoms with van der Waals surface area (Å²) >= 11 is 0. The predicted molar refractivity (Wildman–Crippen MR) is 97.4 cm³/mol. The molecule has 0 aromatic carbocycles. The Kier molecular flexibility index (Phi) is 6.62. The fraction of sp³-hybridized carbons (Fsp3) is 0.789. The van der Waals surface area contributed by atoms with Crippen LogP contribution < -0.4 is 0 Å². The maximum Gasteiger partial charge on any atom is 0.284 e. The summed E-state index contributed by atoms with van der Waals surface area (Å²) in [6.45, 7) is 21.8. The van der Waals surface area contributed by atoms with Crippen LogP contribution in [0, 0.1) is 23.7 Å². The molecular weight excluding hydrogens is 253 g/mol. The van der Waals surface area contributed by atoms with Gasteiger partial charge in [0.2, 0.25) is 0 Å². The second-order valence-electron chi connectivity index (χ2n) is 7.99. The molecule has 0 saturated heterocycles. The van der Waals surface area contributed by atoms with E-state index in [1.54, 1.807) is 0 Å². The first-order valence-electron chi connectivity index (χ1n) is 8.85. The smallest absolute Gasteiger partial charge is 0.284 e. The lowest BCUT2D eigenvalue weighted by molar-refractivity contribution is 0.275. The summed E-state index contributed by atoms with van der Waals surface area (Å²) < 4.78 is 0. The molecule has 0 fully saturated rings. The van der Waals surface area contributed by atoms with Gasteiger partial charge in [-0.1, -0.05) is 67.4 Å². The lowest BCUT2D eigenvalue weighted by Gasteiger charge is -2.46. The average molecular weight is 289 g/mol. The Bertz CT molecular complexity index is 381. The third-order valence-corrected chi connectivity index (χ3v) is 5.65. The molecule has 1 rings (SSSR count). The molecule has 0 bridgehead atoms. The van der Waals surface area contributed by atoms with Gasteiger partial charge in [0.15, 0.2) is 0 Å². The van der Waals surface area contributed by atoms with E-state index in [9.17, 15) is 0 Å². The van der Waals surface area contributed by atoms with Crippen molar-refractivity contribution >= 4 is 6.85 Å². The summed E-state index contributed by atoms with van der Waals surface area (Å²) in [4.78, 5) is 2.72. The highest BCUT2D eigenvalue weighted by Gasteiger charge is 2.37. The number of nitrogens with zero attached hydrogens (tertiary/aromatic N) is 1. The molecule has 120 valence electrons. The summed E-state index contributed by atoms with van der Waals surface area (Å²) in [6.07, 6.45) is 4.65. The molecule has 2 heteroatoms. The lowest BCUT2D eigenvalue weighted by atomic mass is 9.45. The molecule has 1 aliphatic heterocycles. The normalized spacial score (nSPS) is 20.3. The van der Waals surface area contributed by atoms with Gasteiger partial charge in [-0.15, -0.1) is 0 Å². The number of hydrogen-bond acceptors (Lipinski definition) is 1. The van der Waals surface area contributed by atoms with Gasteiger partial charge in [0, 0.05) is 11.7 Å². The van der Waals surface area contributed by atoms with Gasteiger partial charge in [0.05, 0.1) is 0 Å². The van der Waals surface area contributed by atoms with E-state index in [1.807, 2.05) is 0 Å². The molecule has 1 aliphatic rings. The van der Waals surface area contributed by atoms with Gasteiger partial charge in [0.25, 0.3) is 6.85 Å². The Labute approximate surface area is 134 Å². The molecule has 0 saturated carbocycles. The van der Waals surface area contributed by atoms with Gasteiger partial charge in [-0.05, 0) is 42.5 Å². The topological polar surface area (TPSA) is 3.24 Å². The van der Waals surface area contributed by atoms with Crippen molar-refractivity contribution in [1.29, 1.82) is 0 Å². The van der Waals surface area contributed by atoms with E-state index in [4.69, 9.17) is 0 Å². The Hall–Kier alpha value is -0.655. The first-order valence-corrected chi connectivity index (χ1v) is 8.85. The van der Waals surface area contributed by atoms with Crippen LogP contribution in [-0.4, -0.2) is 17.7 Å². The van der Waals surface area contributed by atoms with E-state index in [-0.39, 0.29) is 0 Å². The van der Waals surface area contributed by atoms with Gasteiger partial charge in [-0.25, -0.2) is 0 Å². The summed E-state index contributed by atoms with van der Waals surface area (Å²) in [5.41, 5.74) is 1.53. The fourth-order valence-corrected chi connectivity index (χ4v) is 3.00. The number of hydrogen-bond donors (Lipinski definition) is 0. The van der Waals surface area contributed by atoms with E-state index in [1.165, 1.54) is 5.70 Å². The minimum Gasteiger partial charge on any atom is -0.411 e. The maximum atomic E-state index is 2.72. The summed E-state index contributed by atoms with van der Waals surface area (Å²) in [7, 11) is 0. The molecular formula is C19H36BN. The molecule has 0 aliphatic carbocycles. The highest BCUT2D eigenvalue weighted by atomic mass is 15.1. The van der Waals surface area contributed by atoms with Gasteiger partial charge in [-0.3, -0.25) is 0 Å². The van der Waals surface area contributed by atoms with Crippen molar-refractivity contribution in [1.82, 2.24) is 4.81 Å². The molecule has 3 atom stereocenters. The molecule has 0 aromatic rings. The minimum atomic E-state index is 0.531. The van der Waals surface area contributed by atoms with Crippen LogP contribution in [0.2, 0.25) is 5.82 Å². The van der Waals surface area contributed by atoms with E-state index < -0.39 is 0 Å². The Morgan fingerprint density at radius 3 is 1.81 bits per heavy atom. The van der Waals surface area contributed by atoms with E-state index in [0.717, 1.165) is 0 Å². The predicted octanol–water partition coefficient (Wildman–Crippen LogP) is 5.66. The standard InChI is InChI=1S/C19H36BN/c1-13(2)16(7)19-11-10-12-20(17(8)14(3)4)21(19)18(9)15(5)6/h10-18H,1-9H3. The molecule has 1 nitrogen and oxygen atoms in total. The molecule has 0 radical (unpaired) electrons. The molecule has 0 spiro atoms. The minimum absolute atomic E-state index is 0.531. The van der Waals surface area contributed by atoms with Crippen LogP contribution in [0.25, 0.3) is 0 Å². The first kappa shape index (κ1) is 18.4. The Balaban J connectivity index is 3.17. The molecule has 0 aromatic heterocycles. The fourth-order valence-electron chi connectivity index (χ4n) is 3.00. The first-order chi connectivity index (χ1) is 9.68. The Morgan fingerprint density at radius 1 is 0.810 bits per heavy atom. The van der Waals surface area contributed by atoms with Crippen LogP contribution in [0.3, 0.4) is 0 Å². The molecule has 0 N–H and O–H groups in total. The van der Waals surface area contributed by atoms with Gasteiger partial charge < -0.3 is 4.81 Å². The highest BCUT2D eigenvalue weighted by molar-refractivity contribution is 6.63. The van der Waals surface area contributed by atoms with Gasteiger partial charge in [0.1, 0.15) is 0 Å². The van der Waals surface area contributed by atoms with Crippen LogP contribution in [0.1, 0.15) is 62.3 Å². The molecule has 1 heterocycles. The average Bonchev–Trinajstić information content (AvgIpc) is 2.43. The second-order valence-corrected chi connectivity index (χ2v) is 7.99. The van der Waals surface area contributed by atoms with Gasteiger partial charge >= 0.3 is 0 Å². The second kappa shape index (κ2) is 7.56. The Morgan fingerprint density at radius 2 is 1.38 bits per heavy atom. The van der Waals surface area contributed by atoms with Crippen molar-refractivity contribution in [2.45, 2.75) is 74.2 Å². The number of rotatable bonds is 6.